The van der Waals surface area contributed by atoms with Gasteiger partial charge in [0.05, 0.1) is 11.3 Å². The van der Waals surface area contributed by atoms with E-state index in [-0.39, 0.29) is 5.41 Å². The number of aromatic nitrogens is 2. The second-order valence-electron chi connectivity index (χ2n) is 7.32. The van der Waals surface area contributed by atoms with E-state index in [9.17, 15) is 5.11 Å². The minimum absolute atomic E-state index is 0.0962. The van der Waals surface area contributed by atoms with E-state index in [2.05, 4.69) is 54.6 Å². The van der Waals surface area contributed by atoms with Crippen LogP contribution in [0.5, 0.6) is 0 Å². The number of pyridine rings is 1. The number of piperidine rings is 1. The van der Waals surface area contributed by atoms with Gasteiger partial charge in [0.1, 0.15) is 5.65 Å². The Morgan fingerprint density at radius 1 is 1.24 bits per heavy atom. The maximum Gasteiger partial charge on any atom is 0.137 e. The van der Waals surface area contributed by atoms with Crippen LogP contribution < -0.4 is 0 Å². The van der Waals surface area contributed by atoms with Gasteiger partial charge in [-0.05, 0) is 31.9 Å². The van der Waals surface area contributed by atoms with Crippen LogP contribution in [0.15, 0.2) is 24.5 Å². The standard InChI is InChI=1S/C17H25N3O/c1-13-5-6-15-18-14(11-20(15)9-13)10-19-8-7-17(4,21)16(2,3)12-19/h5-6,9,11,21H,7-8,10,12H2,1-4H3/t17-/m1/s1. The van der Waals surface area contributed by atoms with Crippen LogP contribution in [0.2, 0.25) is 0 Å². The maximum absolute atomic E-state index is 10.5. The second-order valence-corrected chi connectivity index (χ2v) is 7.32. The summed E-state index contributed by atoms with van der Waals surface area (Å²) in [7, 11) is 0. The first-order chi connectivity index (χ1) is 9.77. The Hall–Kier alpha value is -1.39. The lowest BCUT2D eigenvalue weighted by atomic mass is 9.71. The molecule has 1 aliphatic heterocycles. The molecular formula is C17H25N3O. The molecule has 1 aliphatic rings. The van der Waals surface area contributed by atoms with Gasteiger partial charge in [-0.15, -0.1) is 0 Å². The maximum atomic E-state index is 10.5. The zero-order chi connectivity index (χ0) is 15.3. The van der Waals surface area contributed by atoms with Crippen LogP contribution in [0, 0.1) is 12.3 Å². The van der Waals surface area contributed by atoms with Gasteiger partial charge in [-0.3, -0.25) is 4.90 Å². The summed E-state index contributed by atoms with van der Waals surface area (Å²) in [4.78, 5) is 7.09. The third kappa shape index (κ3) is 2.70. The molecule has 1 atom stereocenters. The Morgan fingerprint density at radius 3 is 2.71 bits per heavy atom. The molecule has 0 spiro atoms. The van der Waals surface area contributed by atoms with E-state index < -0.39 is 5.60 Å². The average Bonchev–Trinajstić information content (AvgIpc) is 2.75. The lowest BCUT2D eigenvalue weighted by molar-refractivity contribution is -0.107. The van der Waals surface area contributed by atoms with E-state index in [0.717, 1.165) is 37.4 Å². The highest BCUT2D eigenvalue weighted by atomic mass is 16.3. The van der Waals surface area contributed by atoms with E-state index >= 15 is 0 Å². The third-order valence-corrected chi connectivity index (χ3v) is 5.03. The quantitative estimate of drug-likeness (QED) is 0.923. The predicted molar refractivity (Wildman–Crippen MR) is 84.2 cm³/mol. The van der Waals surface area contributed by atoms with Crippen LogP contribution in [-0.4, -0.2) is 38.1 Å². The van der Waals surface area contributed by atoms with Crippen LogP contribution in [0.4, 0.5) is 0 Å². The van der Waals surface area contributed by atoms with Crippen molar-refractivity contribution in [3.05, 3.63) is 35.8 Å². The van der Waals surface area contributed by atoms with Crippen molar-refractivity contribution in [2.45, 2.75) is 46.3 Å². The first kappa shape index (κ1) is 14.5. The normalized spacial score (nSPS) is 26.3. The van der Waals surface area contributed by atoms with E-state index in [4.69, 9.17) is 4.98 Å². The number of hydrogen-bond acceptors (Lipinski definition) is 3. The molecule has 0 saturated carbocycles. The summed E-state index contributed by atoms with van der Waals surface area (Å²) in [5.41, 5.74) is 2.65. The monoisotopic (exact) mass is 287 g/mol. The Morgan fingerprint density at radius 2 is 2.00 bits per heavy atom. The van der Waals surface area contributed by atoms with Crippen LogP contribution in [-0.2, 0) is 6.54 Å². The van der Waals surface area contributed by atoms with E-state index in [1.54, 1.807) is 0 Å². The Bertz CT molecular complexity index is 657. The number of nitrogens with zero attached hydrogens (tertiary/aromatic N) is 3. The molecule has 3 rings (SSSR count). The summed E-state index contributed by atoms with van der Waals surface area (Å²) in [6, 6.07) is 4.15. The highest BCUT2D eigenvalue weighted by Gasteiger charge is 2.43. The Balaban J connectivity index is 1.77. The molecule has 0 aliphatic carbocycles. The minimum Gasteiger partial charge on any atom is -0.390 e. The highest BCUT2D eigenvalue weighted by molar-refractivity contribution is 5.41. The molecule has 3 heterocycles. The lowest BCUT2D eigenvalue weighted by Crippen LogP contribution is -2.55. The van der Waals surface area contributed by atoms with E-state index in [1.807, 2.05) is 6.92 Å². The largest absolute Gasteiger partial charge is 0.390 e. The van der Waals surface area contributed by atoms with Crippen LogP contribution in [0.1, 0.15) is 38.4 Å². The summed E-state index contributed by atoms with van der Waals surface area (Å²) >= 11 is 0. The van der Waals surface area contributed by atoms with Gasteiger partial charge in [0.15, 0.2) is 0 Å². The van der Waals surface area contributed by atoms with Crippen molar-refractivity contribution < 1.29 is 5.11 Å². The van der Waals surface area contributed by atoms with Crippen molar-refractivity contribution in [3.63, 3.8) is 0 Å². The Labute approximate surface area is 126 Å². The fraction of sp³-hybridized carbons (Fsp3) is 0.588. The van der Waals surface area contributed by atoms with Gasteiger partial charge in [0, 0.05) is 37.4 Å². The summed E-state index contributed by atoms with van der Waals surface area (Å²) in [5.74, 6) is 0. The molecule has 0 radical (unpaired) electrons. The number of aliphatic hydroxyl groups is 1. The van der Waals surface area contributed by atoms with Gasteiger partial charge in [-0.1, -0.05) is 19.9 Å². The molecule has 4 nitrogen and oxygen atoms in total. The average molecular weight is 287 g/mol. The van der Waals surface area contributed by atoms with E-state index in [0.29, 0.717) is 0 Å². The van der Waals surface area contributed by atoms with Gasteiger partial charge in [-0.25, -0.2) is 4.98 Å². The molecule has 1 saturated heterocycles. The van der Waals surface area contributed by atoms with E-state index in [1.165, 1.54) is 5.56 Å². The van der Waals surface area contributed by atoms with Crippen molar-refractivity contribution in [1.29, 1.82) is 0 Å². The molecular weight excluding hydrogens is 262 g/mol. The number of aryl methyl sites for hydroxylation is 1. The number of likely N-dealkylation sites (tertiary alicyclic amines) is 1. The van der Waals surface area contributed by atoms with Crippen molar-refractivity contribution in [1.82, 2.24) is 14.3 Å². The van der Waals surface area contributed by atoms with Gasteiger partial charge >= 0.3 is 0 Å². The topological polar surface area (TPSA) is 40.8 Å². The lowest BCUT2D eigenvalue weighted by Gasteiger charge is -2.48. The Kier molecular flexibility index (Phi) is 3.34. The molecule has 4 heteroatoms. The van der Waals surface area contributed by atoms with Crippen LogP contribution in [0.25, 0.3) is 5.65 Å². The molecule has 1 N–H and O–H groups in total. The summed E-state index contributed by atoms with van der Waals surface area (Å²) < 4.78 is 2.09. The number of rotatable bonds is 2. The van der Waals surface area contributed by atoms with Gasteiger partial charge in [0.25, 0.3) is 0 Å². The second kappa shape index (κ2) is 4.82. The summed E-state index contributed by atoms with van der Waals surface area (Å²) in [5, 5.41) is 10.5. The van der Waals surface area contributed by atoms with Crippen molar-refractivity contribution >= 4 is 5.65 Å². The minimum atomic E-state index is -0.584. The summed E-state index contributed by atoms with van der Waals surface area (Å²) in [6.07, 6.45) is 5.03. The molecule has 0 bridgehead atoms. The molecule has 21 heavy (non-hydrogen) atoms. The van der Waals surface area contributed by atoms with Crippen molar-refractivity contribution in [2.24, 2.45) is 5.41 Å². The zero-order valence-electron chi connectivity index (χ0n) is 13.4. The van der Waals surface area contributed by atoms with Crippen LogP contribution in [0.3, 0.4) is 0 Å². The van der Waals surface area contributed by atoms with Crippen molar-refractivity contribution in [2.75, 3.05) is 13.1 Å². The van der Waals surface area contributed by atoms with Crippen molar-refractivity contribution in [3.8, 4) is 0 Å². The zero-order valence-corrected chi connectivity index (χ0v) is 13.4. The molecule has 1 fully saturated rings. The third-order valence-electron chi connectivity index (χ3n) is 5.03. The molecule has 2 aromatic heterocycles. The predicted octanol–water partition coefficient (Wildman–Crippen LogP) is 2.63. The fourth-order valence-electron chi connectivity index (χ4n) is 3.12. The highest BCUT2D eigenvalue weighted by Crippen LogP contribution is 2.38. The van der Waals surface area contributed by atoms with Gasteiger partial charge in [0.2, 0.25) is 0 Å². The number of hydrogen-bond donors (Lipinski definition) is 1. The molecule has 0 amide bonds. The number of fused-ring (bicyclic) bond motifs is 1. The summed E-state index contributed by atoms with van der Waals surface area (Å²) in [6.45, 7) is 11.0. The number of imidazole rings is 1. The molecule has 0 unspecified atom stereocenters. The molecule has 0 aromatic carbocycles. The molecule has 114 valence electrons. The smallest absolute Gasteiger partial charge is 0.137 e. The molecule has 2 aromatic rings. The first-order valence-corrected chi connectivity index (χ1v) is 7.66. The SMILES string of the molecule is Cc1ccc2nc(CN3CC[C@@](C)(O)C(C)(C)C3)cn2c1. The van der Waals surface area contributed by atoms with Gasteiger partial charge in [-0.2, -0.15) is 0 Å². The van der Waals surface area contributed by atoms with Crippen LogP contribution >= 0.6 is 0 Å². The first-order valence-electron chi connectivity index (χ1n) is 7.66. The van der Waals surface area contributed by atoms with Gasteiger partial charge < -0.3 is 9.51 Å². The fourth-order valence-corrected chi connectivity index (χ4v) is 3.12.